The zero-order valence-electron chi connectivity index (χ0n) is 15.3. The zero-order valence-corrected chi connectivity index (χ0v) is 15.3. The van der Waals surface area contributed by atoms with Crippen molar-refractivity contribution in [1.29, 1.82) is 0 Å². The third-order valence-corrected chi connectivity index (χ3v) is 5.61. The first-order valence-corrected chi connectivity index (χ1v) is 8.91. The van der Waals surface area contributed by atoms with Crippen LogP contribution in [0.3, 0.4) is 0 Å². The smallest absolute Gasteiger partial charge is 0.230 e. The molecule has 28 heavy (non-hydrogen) atoms. The SMILES string of the molecule is COc1ccc(Cc2ccc(N)cc2O[C@H]2O[C@@]3(CO)[C@@H](O)[C@@]3(O)[C@H]2O)cc1. The molecule has 1 saturated heterocycles. The van der Waals surface area contributed by atoms with Gasteiger partial charge in [-0.25, -0.2) is 0 Å². The normalized spacial score (nSPS) is 33.4. The minimum absolute atomic E-state index is 0.382. The van der Waals surface area contributed by atoms with Crippen molar-refractivity contribution >= 4 is 5.69 Å². The first-order chi connectivity index (χ1) is 13.4. The number of methoxy groups -OCH3 is 1. The molecule has 6 N–H and O–H groups in total. The van der Waals surface area contributed by atoms with E-state index in [0.29, 0.717) is 17.9 Å². The van der Waals surface area contributed by atoms with Gasteiger partial charge in [0.15, 0.2) is 17.3 Å². The van der Waals surface area contributed by atoms with Gasteiger partial charge >= 0.3 is 0 Å². The van der Waals surface area contributed by atoms with Crippen molar-refractivity contribution in [3.8, 4) is 11.5 Å². The maximum Gasteiger partial charge on any atom is 0.230 e. The van der Waals surface area contributed by atoms with E-state index in [4.69, 9.17) is 19.9 Å². The average molecular weight is 389 g/mol. The van der Waals surface area contributed by atoms with Gasteiger partial charge in [-0.2, -0.15) is 0 Å². The fourth-order valence-electron chi connectivity index (χ4n) is 3.80. The van der Waals surface area contributed by atoms with Crippen LogP contribution in [-0.2, 0) is 11.2 Å². The molecule has 8 nitrogen and oxygen atoms in total. The summed E-state index contributed by atoms with van der Waals surface area (Å²) in [6.07, 6.45) is -3.62. The molecule has 0 bridgehead atoms. The Labute approximate surface area is 161 Å². The Bertz CT molecular complexity index is 869. The molecule has 2 aromatic carbocycles. The molecule has 0 radical (unpaired) electrons. The molecule has 0 spiro atoms. The van der Waals surface area contributed by atoms with Crippen molar-refractivity contribution in [2.45, 2.75) is 36.1 Å². The Morgan fingerprint density at radius 2 is 1.86 bits per heavy atom. The highest BCUT2D eigenvalue weighted by molar-refractivity contribution is 5.50. The van der Waals surface area contributed by atoms with E-state index in [2.05, 4.69) is 0 Å². The summed E-state index contributed by atoms with van der Waals surface area (Å²) >= 11 is 0. The minimum Gasteiger partial charge on any atom is -0.497 e. The lowest BCUT2D eigenvalue weighted by molar-refractivity contribution is -0.170. The summed E-state index contributed by atoms with van der Waals surface area (Å²) in [6.45, 7) is -0.642. The van der Waals surface area contributed by atoms with Gasteiger partial charge in [-0.05, 0) is 29.3 Å². The van der Waals surface area contributed by atoms with Gasteiger partial charge in [0.1, 0.15) is 17.6 Å². The van der Waals surface area contributed by atoms with E-state index in [1.165, 1.54) is 0 Å². The van der Waals surface area contributed by atoms with E-state index in [1.807, 2.05) is 30.3 Å². The molecule has 2 fully saturated rings. The number of aliphatic hydroxyl groups is 4. The average Bonchev–Trinajstić information content (AvgIpc) is 3.07. The Morgan fingerprint density at radius 3 is 2.46 bits per heavy atom. The molecule has 2 aromatic rings. The monoisotopic (exact) mass is 389 g/mol. The Morgan fingerprint density at radius 1 is 1.14 bits per heavy atom. The van der Waals surface area contributed by atoms with Crippen LogP contribution in [0, 0.1) is 0 Å². The fourth-order valence-corrected chi connectivity index (χ4v) is 3.80. The van der Waals surface area contributed by atoms with E-state index in [0.717, 1.165) is 16.9 Å². The molecule has 0 aromatic heterocycles. The molecular formula is C20H23NO7. The Balaban J connectivity index is 1.56. The molecule has 2 aliphatic rings. The lowest BCUT2D eigenvalue weighted by Gasteiger charge is -2.24. The summed E-state index contributed by atoms with van der Waals surface area (Å²) in [5, 5.41) is 40.2. The number of benzene rings is 2. The Kier molecular flexibility index (Phi) is 4.48. The third-order valence-electron chi connectivity index (χ3n) is 5.61. The second-order valence-corrected chi connectivity index (χ2v) is 7.22. The quantitative estimate of drug-likeness (QED) is 0.429. The summed E-state index contributed by atoms with van der Waals surface area (Å²) in [5.74, 6) is 1.13. The highest BCUT2D eigenvalue weighted by atomic mass is 16.7. The van der Waals surface area contributed by atoms with Crippen LogP contribution in [0.5, 0.6) is 11.5 Å². The number of aliphatic hydroxyl groups excluding tert-OH is 3. The molecule has 8 heteroatoms. The van der Waals surface area contributed by atoms with Crippen LogP contribution in [0.4, 0.5) is 5.69 Å². The van der Waals surface area contributed by atoms with Crippen LogP contribution < -0.4 is 15.2 Å². The van der Waals surface area contributed by atoms with E-state index in [1.54, 1.807) is 19.2 Å². The number of anilines is 1. The lowest BCUT2D eigenvalue weighted by Crippen LogP contribution is -2.41. The lowest BCUT2D eigenvalue weighted by atomic mass is 10.0. The second kappa shape index (κ2) is 6.61. The number of hydrogen-bond acceptors (Lipinski definition) is 8. The molecule has 1 saturated carbocycles. The van der Waals surface area contributed by atoms with Crippen molar-refractivity contribution < 1.29 is 34.6 Å². The highest BCUT2D eigenvalue weighted by Gasteiger charge is 2.87. The minimum atomic E-state index is -1.96. The fraction of sp³-hybridized carbons (Fsp3) is 0.400. The molecule has 1 heterocycles. The largest absolute Gasteiger partial charge is 0.497 e. The van der Waals surface area contributed by atoms with Gasteiger partial charge < -0.3 is 40.4 Å². The van der Waals surface area contributed by atoms with Crippen LogP contribution in [0.15, 0.2) is 42.5 Å². The topological polar surface area (TPSA) is 135 Å². The van der Waals surface area contributed by atoms with Gasteiger partial charge in [0.05, 0.1) is 13.7 Å². The maximum absolute atomic E-state index is 10.4. The van der Waals surface area contributed by atoms with Gasteiger partial charge in [0, 0.05) is 18.2 Å². The first kappa shape index (κ1) is 19.0. The second-order valence-electron chi connectivity index (χ2n) is 7.22. The predicted octanol–water partition coefficient (Wildman–Crippen LogP) is -0.199. The van der Waals surface area contributed by atoms with E-state index < -0.39 is 36.3 Å². The van der Waals surface area contributed by atoms with Gasteiger partial charge in [-0.1, -0.05) is 18.2 Å². The summed E-state index contributed by atoms with van der Waals surface area (Å²) in [5.41, 5.74) is 4.55. The predicted molar refractivity (Wildman–Crippen MR) is 98.9 cm³/mol. The molecule has 4 rings (SSSR count). The number of ether oxygens (including phenoxy) is 3. The Hall–Kier alpha value is -2.36. The van der Waals surface area contributed by atoms with Crippen molar-refractivity contribution in [3.05, 3.63) is 53.6 Å². The summed E-state index contributed by atoms with van der Waals surface area (Å²) in [6, 6.07) is 12.7. The van der Waals surface area contributed by atoms with Gasteiger partial charge in [0.2, 0.25) is 6.29 Å². The van der Waals surface area contributed by atoms with Gasteiger partial charge in [-0.15, -0.1) is 0 Å². The third kappa shape index (κ3) is 2.65. The van der Waals surface area contributed by atoms with E-state index >= 15 is 0 Å². The van der Waals surface area contributed by atoms with Crippen molar-refractivity contribution in [2.24, 2.45) is 0 Å². The van der Waals surface area contributed by atoms with Crippen LogP contribution in [0.2, 0.25) is 0 Å². The van der Waals surface area contributed by atoms with Gasteiger partial charge in [0.25, 0.3) is 0 Å². The van der Waals surface area contributed by atoms with Crippen LogP contribution in [0.25, 0.3) is 0 Å². The summed E-state index contributed by atoms with van der Waals surface area (Å²) in [7, 11) is 1.60. The molecule has 1 aliphatic heterocycles. The molecule has 1 aliphatic carbocycles. The summed E-state index contributed by atoms with van der Waals surface area (Å²) in [4.78, 5) is 0. The number of nitrogen functional groups attached to an aromatic ring is 1. The van der Waals surface area contributed by atoms with Crippen molar-refractivity contribution in [3.63, 3.8) is 0 Å². The molecule has 0 unspecified atom stereocenters. The number of rotatable bonds is 6. The van der Waals surface area contributed by atoms with Crippen LogP contribution >= 0.6 is 0 Å². The van der Waals surface area contributed by atoms with Crippen molar-refractivity contribution in [1.82, 2.24) is 0 Å². The van der Waals surface area contributed by atoms with Crippen molar-refractivity contribution in [2.75, 3.05) is 19.5 Å². The van der Waals surface area contributed by atoms with Gasteiger partial charge in [-0.3, -0.25) is 0 Å². The van der Waals surface area contributed by atoms with E-state index in [9.17, 15) is 20.4 Å². The van der Waals surface area contributed by atoms with Crippen LogP contribution in [-0.4, -0.2) is 63.8 Å². The molecule has 0 amide bonds. The standard InChI is InChI=1S/C20H23NO7/c1-26-14-6-2-11(3-7-14)8-12-4-5-13(21)9-15(12)27-17-16(23)20(25)18(24)19(20,10-22)28-17/h2-7,9,16-18,22-25H,8,10,21H2,1H3/t16-,17-,18+,19-,20-/m0/s1. The first-order valence-electron chi connectivity index (χ1n) is 8.91. The molecule has 5 atom stereocenters. The number of fused-ring (bicyclic) bond motifs is 1. The maximum atomic E-state index is 10.4. The molecular weight excluding hydrogens is 366 g/mol. The zero-order chi connectivity index (χ0) is 20.1. The highest BCUT2D eigenvalue weighted by Crippen LogP contribution is 2.59. The number of hydrogen-bond donors (Lipinski definition) is 5. The number of nitrogens with two attached hydrogens (primary N) is 1. The van der Waals surface area contributed by atoms with Crippen LogP contribution in [0.1, 0.15) is 11.1 Å². The van der Waals surface area contributed by atoms with E-state index in [-0.39, 0.29) is 0 Å². The molecule has 150 valence electrons. The summed E-state index contributed by atoms with van der Waals surface area (Å²) < 4.78 is 16.5.